The van der Waals surface area contributed by atoms with Gasteiger partial charge >= 0.3 is 0 Å². The van der Waals surface area contributed by atoms with Crippen molar-refractivity contribution in [1.29, 1.82) is 0 Å². The topological polar surface area (TPSA) is 15.3 Å². The lowest BCUT2D eigenvalue weighted by Crippen LogP contribution is -2.15. The van der Waals surface area contributed by atoms with Crippen LogP contribution < -0.4 is 5.32 Å². The van der Waals surface area contributed by atoms with E-state index in [9.17, 15) is 0 Å². The van der Waals surface area contributed by atoms with Gasteiger partial charge in [0.25, 0.3) is 0 Å². The summed E-state index contributed by atoms with van der Waals surface area (Å²) in [5, 5.41) is 3.33. The van der Waals surface area contributed by atoms with Crippen LogP contribution in [0.25, 0.3) is 0 Å². The molecule has 0 aromatic carbocycles. The van der Waals surface area contributed by atoms with E-state index in [0.717, 1.165) is 13.1 Å². The summed E-state index contributed by atoms with van der Waals surface area (Å²) in [5.41, 5.74) is 0. The van der Waals surface area contributed by atoms with Gasteiger partial charge in [-0.2, -0.15) is 0 Å². The van der Waals surface area contributed by atoms with Crippen molar-refractivity contribution in [1.82, 2.24) is 10.2 Å². The Balaban J connectivity index is 3.01. The summed E-state index contributed by atoms with van der Waals surface area (Å²) in [6, 6.07) is 0. The van der Waals surface area contributed by atoms with E-state index in [0.29, 0.717) is 0 Å². The molecule has 2 heteroatoms. The average Bonchev–Trinajstić information content (AvgIpc) is 1.96. The van der Waals surface area contributed by atoms with Crippen LogP contribution in [0.15, 0.2) is 12.3 Å². The fourth-order valence-electron chi connectivity index (χ4n) is 0.751. The van der Waals surface area contributed by atoms with E-state index in [1.807, 2.05) is 19.0 Å². The number of unbranched alkanes of at least 4 members (excludes halogenated alkanes) is 1. The summed E-state index contributed by atoms with van der Waals surface area (Å²) < 4.78 is 0. The molecular weight excluding hydrogens is 136 g/mol. The van der Waals surface area contributed by atoms with E-state index in [4.69, 9.17) is 0 Å². The molecule has 66 valence electrons. The number of nitrogens with one attached hydrogen (secondary N) is 1. The lowest BCUT2D eigenvalue weighted by molar-refractivity contribution is 0.559. The minimum Gasteiger partial charge on any atom is -0.384 e. The van der Waals surface area contributed by atoms with Gasteiger partial charge < -0.3 is 10.2 Å². The van der Waals surface area contributed by atoms with Crippen molar-refractivity contribution in [2.75, 3.05) is 27.2 Å². The second-order valence-electron chi connectivity index (χ2n) is 2.91. The summed E-state index contributed by atoms with van der Waals surface area (Å²) in [7, 11) is 4.06. The highest BCUT2D eigenvalue weighted by molar-refractivity contribution is 4.81. The van der Waals surface area contributed by atoms with Gasteiger partial charge in [-0.15, -0.1) is 0 Å². The van der Waals surface area contributed by atoms with Crippen LogP contribution >= 0.6 is 0 Å². The van der Waals surface area contributed by atoms with Crippen molar-refractivity contribution in [3.05, 3.63) is 12.3 Å². The molecule has 0 saturated heterocycles. The average molecular weight is 156 g/mol. The second-order valence-corrected chi connectivity index (χ2v) is 2.91. The Morgan fingerprint density at radius 2 is 2.09 bits per heavy atom. The van der Waals surface area contributed by atoms with Gasteiger partial charge in [0.05, 0.1) is 0 Å². The van der Waals surface area contributed by atoms with Crippen molar-refractivity contribution in [3.8, 4) is 0 Å². The molecule has 0 atom stereocenters. The van der Waals surface area contributed by atoms with Crippen molar-refractivity contribution in [2.24, 2.45) is 0 Å². The Labute approximate surface area is 70.3 Å². The van der Waals surface area contributed by atoms with Crippen LogP contribution in [-0.4, -0.2) is 32.1 Å². The smallest absolute Gasteiger partial charge is 0.0152 e. The van der Waals surface area contributed by atoms with Gasteiger partial charge in [0.1, 0.15) is 0 Å². The summed E-state index contributed by atoms with van der Waals surface area (Å²) in [5.74, 6) is 0. The van der Waals surface area contributed by atoms with Crippen LogP contribution in [0.1, 0.15) is 19.8 Å². The van der Waals surface area contributed by atoms with Crippen molar-refractivity contribution >= 4 is 0 Å². The Hall–Kier alpha value is -0.500. The molecule has 0 rings (SSSR count). The molecule has 0 amide bonds. The fourth-order valence-corrected chi connectivity index (χ4v) is 0.751. The quantitative estimate of drug-likeness (QED) is 0.586. The van der Waals surface area contributed by atoms with E-state index in [2.05, 4.69) is 24.5 Å². The highest BCUT2D eigenvalue weighted by Crippen LogP contribution is 1.82. The standard InChI is InChI=1S/C9H20N2/c1-4-5-7-10-8-6-9-11(2)3/h6,9-10H,4-5,7-8H2,1-3H3. The third kappa shape index (κ3) is 9.50. The predicted molar refractivity (Wildman–Crippen MR) is 50.6 cm³/mol. The molecule has 0 bridgehead atoms. The summed E-state index contributed by atoms with van der Waals surface area (Å²) >= 11 is 0. The highest BCUT2D eigenvalue weighted by Gasteiger charge is 1.81. The molecule has 0 heterocycles. The van der Waals surface area contributed by atoms with Gasteiger partial charge in [-0.05, 0) is 19.2 Å². The molecule has 2 nitrogen and oxygen atoms in total. The highest BCUT2D eigenvalue weighted by atomic mass is 15.0. The first-order chi connectivity index (χ1) is 5.27. The van der Waals surface area contributed by atoms with Crippen molar-refractivity contribution in [3.63, 3.8) is 0 Å². The third-order valence-electron chi connectivity index (χ3n) is 1.37. The van der Waals surface area contributed by atoms with Gasteiger partial charge in [0, 0.05) is 20.6 Å². The maximum atomic E-state index is 3.33. The zero-order valence-corrected chi connectivity index (χ0v) is 7.93. The summed E-state index contributed by atoms with van der Waals surface area (Å²) in [4.78, 5) is 2.04. The first kappa shape index (κ1) is 10.5. The number of nitrogens with zero attached hydrogens (tertiary/aromatic N) is 1. The number of hydrogen-bond donors (Lipinski definition) is 1. The molecule has 1 N–H and O–H groups in total. The molecule has 0 aromatic heterocycles. The van der Waals surface area contributed by atoms with Gasteiger partial charge in [-0.25, -0.2) is 0 Å². The van der Waals surface area contributed by atoms with E-state index in [1.54, 1.807) is 0 Å². The SMILES string of the molecule is CCCCNCC=CN(C)C. The zero-order chi connectivity index (χ0) is 8.53. The van der Waals surface area contributed by atoms with Gasteiger partial charge in [-0.1, -0.05) is 19.4 Å². The van der Waals surface area contributed by atoms with Gasteiger partial charge in [0.15, 0.2) is 0 Å². The van der Waals surface area contributed by atoms with Crippen LogP contribution in [0.4, 0.5) is 0 Å². The van der Waals surface area contributed by atoms with Gasteiger partial charge in [0.2, 0.25) is 0 Å². The molecule has 0 aliphatic heterocycles. The normalized spacial score (nSPS) is 10.8. The van der Waals surface area contributed by atoms with E-state index < -0.39 is 0 Å². The Bertz CT molecular complexity index is 97.7. The summed E-state index contributed by atoms with van der Waals surface area (Å²) in [6.45, 7) is 4.32. The minimum atomic E-state index is 0.984. The van der Waals surface area contributed by atoms with E-state index >= 15 is 0 Å². The predicted octanol–water partition coefficient (Wildman–Crippen LogP) is 1.45. The molecule has 0 aliphatic rings. The number of rotatable bonds is 6. The van der Waals surface area contributed by atoms with E-state index in [1.165, 1.54) is 12.8 Å². The molecule has 0 aromatic rings. The van der Waals surface area contributed by atoms with Crippen molar-refractivity contribution in [2.45, 2.75) is 19.8 Å². The van der Waals surface area contributed by atoms with Crippen molar-refractivity contribution < 1.29 is 0 Å². The Kier molecular flexibility index (Phi) is 7.26. The third-order valence-corrected chi connectivity index (χ3v) is 1.37. The van der Waals surface area contributed by atoms with Crippen LogP contribution in [0.2, 0.25) is 0 Å². The maximum Gasteiger partial charge on any atom is 0.0152 e. The van der Waals surface area contributed by atoms with Crippen LogP contribution in [0.5, 0.6) is 0 Å². The Morgan fingerprint density at radius 3 is 2.64 bits per heavy atom. The molecule has 0 fully saturated rings. The van der Waals surface area contributed by atoms with Crippen LogP contribution in [0.3, 0.4) is 0 Å². The molecule has 11 heavy (non-hydrogen) atoms. The van der Waals surface area contributed by atoms with Crippen LogP contribution in [0, 0.1) is 0 Å². The second kappa shape index (κ2) is 7.61. The molecule has 0 aliphatic carbocycles. The van der Waals surface area contributed by atoms with Crippen LogP contribution in [-0.2, 0) is 0 Å². The largest absolute Gasteiger partial charge is 0.384 e. The zero-order valence-electron chi connectivity index (χ0n) is 7.93. The van der Waals surface area contributed by atoms with Gasteiger partial charge in [-0.3, -0.25) is 0 Å². The monoisotopic (exact) mass is 156 g/mol. The molecule has 0 saturated carbocycles. The maximum absolute atomic E-state index is 3.33. The summed E-state index contributed by atoms with van der Waals surface area (Å²) in [6.07, 6.45) is 6.74. The molecule has 0 unspecified atom stereocenters. The lowest BCUT2D eigenvalue weighted by atomic mass is 10.3. The minimum absolute atomic E-state index is 0.984. The number of hydrogen-bond acceptors (Lipinski definition) is 2. The Morgan fingerprint density at radius 1 is 1.36 bits per heavy atom. The fraction of sp³-hybridized carbons (Fsp3) is 0.778. The molecule has 0 spiro atoms. The molecular formula is C9H20N2. The first-order valence-corrected chi connectivity index (χ1v) is 4.31. The van der Waals surface area contributed by atoms with E-state index in [-0.39, 0.29) is 0 Å². The first-order valence-electron chi connectivity index (χ1n) is 4.31. The molecule has 0 radical (unpaired) electrons. The lowest BCUT2D eigenvalue weighted by Gasteiger charge is -2.03.